The Balaban J connectivity index is 1.50. The van der Waals surface area contributed by atoms with Crippen molar-refractivity contribution < 1.29 is 27.4 Å². The zero-order chi connectivity index (χ0) is 33.2. The number of pyridine rings is 2. The molecule has 3 N–H and O–H groups in total. The second-order valence-electron chi connectivity index (χ2n) is 9.99. The maximum absolute atomic E-state index is 13.6. The molecular weight excluding hydrogens is 626 g/mol. The summed E-state index contributed by atoms with van der Waals surface area (Å²) in [6, 6.07) is 16.0. The van der Waals surface area contributed by atoms with E-state index in [9.17, 15) is 13.2 Å². The first kappa shape index (κ1) is 32.5. The number of methoxy groups -OCH3 is 1. The molecule has 242 valence electrons. The summed E-state index contributed by atoms with van der Waals surface area (Å²) in [6.45, 7) is 3.88. The van der Waals surface area contributed by atoms with Crippen molar-refractivity contribution in [2.45, 2.75) is 24.8 Å². The fourth-order valence-electron chi connectivity index (χ4n) is 4.00. The lowest BCUT2D eigenvalue weighted by Crippen LogP contribution is -2.32. The van der Waals surface area contributed by atoms with E-state index in [4.69, 9.17) is 14.2 Å². The zero-order valence-corrected chi connectivity index (χ0v) is 26.4. The number of amides is 2. The average molecular weight is 658 g/mol. The van der Waals surface area contributed by atoms with Crippen molar-refractivity contribution in [3.8, 4) is 34.8 Å². The van der Waals surface area contributed by atoms with Gasteiger partial charge in [0.2, 0.25) is 11.6 Å². The predicted molar refractivity (Wildman–Crippen MR) is 172 cm³/mol. The Morgan fingerprint density at radius 2 is 1.60 bits per heavy atom. The Morgan fingerprint density at radius 1 is 0.851 bits per heavy atom. The van der Waals surface area contributed by atoms with Gasteiger partial charge in [-0.15, -0.1) is 0 Å². The van der Waals surface area contributed by atoms with Crippen molar-refractivity contribution in [3.05, 3.63) is 91.0 Å². The molecule has 0 aliphatic carbocycles. The predicted octanol–water partition coefficient (Wildman–Crippen LogP) is 4.65. The van der Waals surface area contributed by atoms with E-state index in [1.807, 2.05) is 13.8 Å². The number of sulfonamides is 1. The summed E-state index contributed by atoms with van der Waals surface area (Å²) in [4.78, 5) is 37.9. The van der Waals surface area contributed by atoms with Crippen LogP contribution in [0.2, 0.25) is 0 Å². The minimum Gasteiger partial charge on any atom is -0.493 e. The molecule has 0 spiro atoms. The number of carbonyl (C=O) groups is 1. The Kier molecular flexibility index (Phi) is 10.3. The fraction of sp³-hybridized carbons (Fsp3) is 0.194. The number of ether oxygens (including phenoxy) is 3. The molecule has 15 nitrogen and oxygen atoms in total. The van der Waals surface area contributed by atoms with E-state index in [0.717, 1.165) is 5.56 Å². The molecule has 47 heavy (non-hydrogen) atoms. The number of nitrogens with one attached hydrogen (secondary N) is 3. The summed E-state index contributed by atoms with van der Waals surface area (Å²) >= 11 is 0. The van der Waals surface area contributed by atoms with E-state index in [1.165, 1.54) is 31.8 Å². The molecule has 0 radical (unpaired) electrons. The lowest BCUT2D eigenvalue weighted by Gasteiger charge is -2.18. The van der Waals surface area contributed by atoms with Gasteiger partial charge in [-0.3, -0.25) is 10.0 Å². The minimum absolute atomic E-state index is 0.0289. The van der Waals surface area contributed by atoms with Crippen molar-refractivity contribution in [1.29, 1.82) is 0 Å². The number of nitrogens with zero attached hydrogens (tertiary/aromatic N) is 6. The highest BCUT2D eigenvalue weighted by molar-refractivity contribution is 7.92. The van der Waals surface area contributed by atoms with Gasteiger partial charge in [-0.1, -0.05) is 38.1 Å². The Morgan fingerprint density at radius 3 is 2.28 bits per heavy atom. The molecule has 5 rings (SSSR count). The molecule has 16 heteroatoms. The van der Waals surface area contributed by atoms with Crippen LogP contribution in [0.25, 0.3) is 11.6 Å². The second-order valence-corrected chi connectivity index (χ2v) is 11.6. The van der Waals surface area contributed by atoms with Crippen molar-refractivity contribution in [2.24, 2.45) is 0 Å². The molecule has 4 heterocycles. The van der Waals surface area contributed by atoms with Crippen LogP contribution in [0.3, 0.4) is 0 Å². The van der Waals surface area contributed by atoms with Crippen LogP contribution in [0.1, 0.15) is 25.3 Å². The van der Waals surface area contributed by atoms with E-state index >= 15 is 0 Å². The normalized spacial score (nSPS) is 11.1. The summed E-state index contributed by atoms with van der Waals surface area (Å²) < 4.78 is 47.3. The number of rotatable bonds is 13. The third-order valence-corrected chi connectivity index (χ3v) is 7.60. The van der Waals surface area contributed by atoms with Gasteiger partial charge in [-0.05, 0) is 47.9 Å². The van der Waals surface area contributed by atoms with Crippen LogP contribution < -0.4 is 29.6 Å². The first-order chi connectivity index (χ1) is 22.7. The molecule has 0 atom stereocenters. The standard InChI is InChI=1S/C31H31N9O6S/c1-20(2)21-12-13-25(36-19-21)47(42,43)40-27-26(46-23-10-5-4-9-22(23)44-3)30(39-29(38-27)28-33-15-8-16-34-28)45-18-17-35-31(41)37-24-11-6-7-14-32-24/h4-16,19-20H,17-18H2,1-3H3,(H,38,39,40)(H2,32,35,37,41). The summed E-state index contributed by atoms with van der Waals surface area (Å²) in [6.07, 6.45) is 6.02. The van der Waals surface area contributed by atoms with Crippen LogP contribution in [0.4, 0.5) is 16.4 Å². The van der Waals surface area contributed by atoms with Crippen molar-refractivity contribution in [2.75, 3.05) is 30.3 Å². The molecule has 0 aliphatic rings. The van der Waals surface area contributed by atoms with E-state index < -0.39 is 16.1 Å². The van der Waals surface area contributed by atoms with Crippen molar-refractivity contribution >= 4 is 27.7 Å². The minimum atomic E-state index is -4.30. The lowest BCUT2D eigenvalue weighted by molar-refractivity contribution is 0.245. The number of hydrogen-bond donors (Lipinski definition) is 3. The molecule has 4 aromatic heterocycles. The maximum atomic E-state index is 13.6. The summed E-state index contributed by atoms with van der Waals surface area (Å²) in [5, 5.41) is 5.02. The van der Waals surface area contributed by atoms with Crippen LogP contribution in [-0.2, 0) is 10.0 Å². The SMILES string of the molecule is COc1ccccc1Oc1c(NS(=O)(=O)c2ccc(C(C)C)cn2)nc(-c2ncccn2)nc1OCCNC(=O)Nc1ccccn1. The van der Waals surface area contributed by atoms with E-state index in [1.54, 1.807) is 60.8 Å². The molecule has 0 bridgehead atoms. The van der Waals surface area contributed by atoms with Gasteiger partial charge in [0.25, 0.3) is 15.9 Å². The maximum Gasteiger partial charge on any atom is 0.320 e. The Labute approximate surface area is 270 Å². The van der Waals surface area contributed by atoms with Gasteiger partial charge in [-0.2, -0.15) is 13.4 Å². The molecule has 1 aromatic carbocycles. The summed E-state index contributed by atoms with van der Waals surface area (Å²) in [5.74, 6) is 0.491. The van der Waals surface area contributed by atoms with Crippen molar-refractivity contribution in [1.82, 2.24) is 35.2 Å². The highest BCUT2D eigenvalue weighted by atomic mass is 32.2. The highest BCUT2D eigenvalue weighted by Crippen LogP contribution is 2.41. The number of urea groups is 1. The molecule has 0 saturated heterocycles. The number of anilines is 2. The van der Waals surface area contributed by atoms with Gasteiger partial charge in [0, 0.05) is 24.8 Å². The van der Waals surface area contributed by atoms with Gasteiger partial charge in [0.1, 0.15) is 12.4 Å². The first-order valence-electron chi connectivity index (χ1n) is 14.3. The van der Waals surface area contributed by atoms with Crippen LogP contribution in [0.5, 0.6) is 23.1 Å². The van der Waals surface area contributed by atoms with E-state index in [0.29, 0.717) is 11.6 Å². The van der Waals surface area contributed by atoms with Gasteiger partial charge in [-0.25, -0.2) is 29.7 Å². The van der Waals surface area contributed by atoms with Gasteiger partial charge >= 0.3 is 6.03 Å². The number of para-hydroxylation sites is 2. The monoisotopic (exact) mass is 657 g/mol. The van der Waals surface area contributed by atoms with Crippen LogP contribution in [0.15, 0.2) is 90.5 Å². The average Bonchev–Trinajstić information content (AvgIpc) is 3.08. The van der Waals surface area contributed by atoms with Crippen LogP contribution in [-0.4, -0.2) is 64.6 Å². The zero-order valence-electron chi connectivity index (χ0n) is 25.6. The molecule has 0 unspecified atom stereocenters. The second kappa shape index (κ2) is 14.9. The number of aromatic nitrogens is 6. The molecule has 0 saturated carbocycles. The van der Waals surface area contributed by atoms with E-state index in [-0.39, 0.29) is 58.9 Å². The Hall–Kier alpha value is -5.90. The van der Waals surface area contributed by atoms with Crippen LogP contribution >= 0.6 is 0 Å². The Bertz CT molecular complexity index is 1910. The molecule has 0 aliphatic heterocycles. The van der Waals surface area contributed by atoms with Crippen LogP contribution in [0, 0.1) is 0 Å². The highest BCUT2D eigenvalue weighted by Gasteiger charge is 2.26. The smallest absolute Gasteiger partial charge is 0.320 e. The molecule has 5 aromatic rings. The van der Waals surface area contributed by atoms with Gasteiger partial charge in [0.05, 0.1) is 13.7 Å². The fourth-order valence-corrected chi connectivity index (χ4v) is 4.93. The quantitative estimate of drug-likeness (QED) is 0.149. The third kappa shape index (κ3) is 8.43. The number of hydrogen-bond acceptors (Lipinski definition) is 12. The topological polar surface area (TPSA) is 192 Å². The van der Waals surface area contributed by atoms with Crippen molar-refractivity contribution in [3.63, 3.8) is 0 Å². The number of carbonyl (C=O) groups excluding carboxylic acids is 1. The van der Waals surface area contributed by atoms with Gasteiger partial charge in [0.15, 0.2) is 28.2 Å². The van der Waals surface area contributed by atoms with E-state index in [2.05, 4.69) is 45.3 Å². The molecule has 2 amide bonds. The number of benzene rings is 1. The summed E-state index contributed by atoms with van der Waals surface area (Å²) in [5.41, 5.74) is 0.868. The largest absolute Gasteiger partial charge is 0.493 e. The third-order valence-electron chi connectivity index (χ3n) is 6.35. The lowest BCUT2D eigenvalue weighted by atomic mass is 10.1. The summed E-state index contributed by atoms with van der Waals surface area (Å²) in [7, 11) is -2.84. The molecule has 0 fully saturated rings. The molecular formula is C31H31N9O6S. The van der Waals surface area contributed by atoms with Gasteiger partial charge < -0.3 is 19.5 Å². The first-order valence-corrected chi connectivity index (χ1v) is 15.8.